The summed E-state index contributed by atoms with van der Waals surface area (Å²) in [4.78, 5) is 13.5. The third-order valence-electron chi connectivity index (χ3n) is 4.31. The smallest absolute Gasteiger partial charge is 0.243 e. The molecule has 23 heavy (non-hydrogen) atoms. The van der Waals surface area contributed by atoms with E-state index in [9.17, 15) is 4.79 Å². The molecular formula is C16H20ClN5O. The van der Waals surface area contributed by atoms with Crippen LogP contribution in [0.5, 0.6) is 0 Å². The van der Waals surface area contributed by atoms with Crippen LogP contribution >= 0.6 is 11.6 Å². The number of hydrogen-bond donors (Lipinski definition) is 1. The van der Waals surface area contributed by atoms with Gasteiger partial charge in [-0.15, -0.1) is 10.2 Å². The Hall–Kier alpha value is -1.95. The van der Waals surface area contributed by atoms with Crippen molar-refractivity contribution in [1.82, 2.24) is 25.5 Å². The van der Waals surface area contributed by atoms with Gasteiger partial charge in [0.25, 0.3) is 0 Å². The van der Waals surface area contributed by atoms with Gasteiger partial charge in [-0.1, -0.05) is 43.5 Å². The zero-order chi connectivity index (χ0) is 16.2. The van der Waals surface area contributed by atoms with Gasteiger partial charge in [0.1, 0.15) is 6.54 Å². The van der Waals surface area contributed by atoms with Gasteiger partial charge in [-0.25, -0.2) is 0 Å². The largest absolute Gasteiger partial charge is 0.351 e. The van der Waals surface area contributed by atoms with E-state index in [-0.39, 0.29) is 18.5 Å². The van der Waals surface area contributed by atoms with E-state index in [4.69, 9.17) is 11.6 Å². The molecule has 1 N–H and O–H groups in total. The predicted octanol–water partition coefficient (Wildman–Crippen LogP) is 2.69. The minimum atomic E-state index is -0.0770. The van der Waals surface area contributed by atoms with Crippen LogP contribution in [-0.2, 0) is 11.3 Å². The number of hydrogen-bond acceptors (Lipinski definition) is 4. The molecule has 3 rings (SSSR count). The van der Waals surface area contributed by atoms with Gasteiger partial charge in [0.2, 0.25) is 11.7 Å². The summed E-state index contributed by atoms with van der Waals surface area (Å²) in [6.45, 7) is 2.26. The number of nitrogens with zero attached hydrogens (tertiary/aromatic N) is 4. The summed E-state index contributed by atoms with van der Waals surface area (Å²) < 4.78 is 0. The van der Waals surface area contributed by atoms with E-state index in [2.05, 4.69) is 27.7 Å². The minimum absolute atomic E-state index is 0.0701. The highest BCUT2D eigenvalue weighted by atomic mass is 35.5. The number of benzene rings is 1. The number of rotatable bonds is 4. The molecule has 2 atom stereocenters. The van der Waals surface area contributed by atoms with Crippen molar-refractivity contribution >= 4 is 17.5 Å². The fraction of sp³-hybridized carbons (Fsp3) is 0.500. The van der Waals surface area contributed by atoms with E-state index >= 15 is 0 Å². The molecule has 0 aliphatic heterocycles. The molecule has 2 aromatic rings. The standard InChI is InChI=1S/C16H20ClN5O/c1-11-6-2-5-9-14(11)18-15(23)10-22-20-16(19-21-22)12-7-3-4-8-13(12)17/h3-4,7-8,11,14H,2,5-6,9-10H2,1H3,(H,18,23)/t11-,14+/m0/s1. The molecule has 0 bridgehead atoms. The SMILES string of the molecule is C[C@H]1CCCC[C@H]1NC(=O)Cn1nnc(-c2ccccc2Cl)n1. The molecule has 0 radical (unpaired) electrons. The zero-order valence-corrected chi connectivity index (χ0v) is 13.8. The second-order valence-corrected chi connectivity index (χ2v) is 6.47. The molecule has 1 aromatic heterocycles. The Bertz CT molecular complexity index is 687. The van der Waals surface area contributed by atoms with Crippen LogP contribution in [-0.4, -0.2) is 32.2 Å². The van der Waals surface area contributed by atoms with E-state index < -0.39 is 0 Å². The van der Waals surface area contributed by atoms with Crippen LogP contribution in [0, 0.1) is 5.92 Å². The quantitative estimate of drug-likeness (QED) is 0.933. The second-order valence-electron chi connectivity index (χ2n) is 6.06. The van der Waals surface area contributed by atoms with Crippen LogP contribution in [0.1, 0.15) is 32.6 Å². The van der Waals surface area contributed by atoms with Crippen molar-refractivity contribution < 1.29 is 4.79 Å². The Balaban J connectivity index is 1.62. The molecule has 0 unspecified atom stereocenters. The summed E-state index contributed by atoms with van der Waals surface area (Å²) in [6.07, 6.45) is 4.64. The molecule has 122 valence electrons. The lowest BCUT2D eigenvalue weighted by Crippen LogP contribution is -2.42. The van der Waals surface area contributed by atoms with Crippen molar-refractivity contribution in [2.75, 3.05) is 0 Å². The van der Waals surface area contributed by atoms with Crippen molar-refractivity contribution in [2.24, 2.45) is 5.92 Å². The molecule has 1 heterocycles. The van der Waals surface area contributed by atoms with Crippen LogP contribution in [0.25, 0.3) is 11.4 Å². The van der Waals surface area contributed by atoms with Gasteiger partial charge >= 0.3 is 0 Å². The average Bonchev–Trinajstić information content (AvgIpc) is 2.98. The first-order valence-corrected chi connectivity index (χ1v) is 8.33. The summed E-state index contributed by atoms with van der Waals surface area (Å²) in [6, 6.07) is 7.55. The van der Waals surface area contributed by atoms with Crippen molar-refractivity contribution in [2.45, 2.75) is 45.2 Å². The maximum Gasteiger partial charge on any atom is 0.243 e. The third kappa shape index (κ3) is 3.88. The number of nitrogens with one attached hydrogen (secondary N) is 1. The summed E-state index contributed by atoms with van der Waals surface area (Å²) in [5, 5.41) is 15.8. The number of aromatic nitrogens is 4. The zero-order valence-electron chi connectivity index (χ0n) is 13.1. The fourth-order valence-corrected chi connectivity index (χ4v) is 3.19. The molecule has 1 fully saturated rings. The molecule has 1 aliphatic rings. The highest BCUT2D eigenvalue weighted by Gasteiger charge is 2.23. The highest BCUT2D eigenvalue weighted by molar-refractivity contribution is 6.33. The van der Waals surface area contributed by atoms with Crippen molar-refractivity contribution in [3.05, 3.63) is 29.3 Å². The van der Waals surface area contributed by atoms with Gasteiger partial charge in [-0.3, -0.25) is 4.79 Å². The van der Waals surface area contributed by atoms with Gasteiger partial charge in [0.05, 0.1) is 5.02 Å². The Kier molecular flexibility index (Phi) is 4.91. The van der Waals surface area contributed by atoms with Gasteiger partial charge in [0, 0.05) is 11.6 Å². The molecule has 6 nitrogen and oxygen atoms in total. The van der Waals surface area contributed by atoms with Crippen LogP contribution in [0.4, 0.5) is 0 Å². The first-order chi connectivity index (χ1) is 11.1. The molecule has 1 saturated carbocycles. The molecule has 0 saturated heterocycles. The summed E-state index contributed by atoms with van der Waals surface area (Å²) in [7, 11) is 0. The first-order valence-electron chi connectivity index (χ1n) is 7.95. The number of halogens is 1. The van der Waals surface area contributed by atoms with Crippen LogP contribution in [0.15, 0.2) is 24.3 Å². The molecule has 1 amide bonds. The van der Waals surface area contributed by atoms with Crippen molar-refractivity contribution in [3.63, 3.8) is 0 Å². The van der Waals surface area contributed by atoms with E-state index in [1.165, 1.54) is 24.1 Å². The van der Waals surface area contributed by atoms with Crippen LogP contribution in [0.3, 0.4) is 0 Å². The summed E-state index contributed by atoms with van der Waals surface area (Å²) in [5.41, 5.74) is 0.710. The number of tetrazole rings is 1. The predicted molar refractivity (Wildman–Crippen MR) is 87.8 cm³/mol. The molecule has 7 heteroatoms. The first kappa shape index (κ1) is 15.9. The Morgan fingerprint density at radius 1 is 1.35 bits per heavy atom. The van der Waals surface area contributed by atoms with E-state index in [0.29, 0.717) is 22.3 Å². The minimum Gasteiger partial charge on any atom is -0.351 e. The normalized spacial score (nSPS) is 21.1. The number of carbonyl (C=O) groups excluding carboxylic acids is 1. The summed E-state index contributed by atoms with van der Waals surface area (Å²) >= 11 is 6.12. The Morgan fingerprint density at radius 3 is 2.91 bits per heavy atom. The van der Waals surface area contributed by atoms with E-state index in [1.807, 2.05) is 18.2 Å². The molecule has 0 spiro atoms. The maximum atomic E-state index is 12.2. The Labute approximate surface area is 140 Å². The molecular weight excluding hydrogens is 314 g/mol. The average molecular weight is 334 g/mol. The maximum absolute atomic E-state index is 12.2. The summed E-state index contributed by atoms with van der Waals surface area (Å²) in [5.74, 6) is 0.872. The van der Waals surface area contributed by atoms with Crippen LogP contribution in [0.2, 0.25) is 5.02 Å². The van der Waals surface area contributed by atoms with Gasteiger partial charge in [0.15, 0.2) is 0 Å². The van der Waals surface area contributed by atoms with Gasteiger partial charge in [-0.05, 0) is 36.1 Å². The van der Waals surface area contributed by atoms with E-state index in [1.54, 1.807) is 6.07 Å². The molecule has 1 aliphatic carbocycles. The second kappa shape index (κ2) is 7.08. The Morgan fingerprint density at radius 2 is 2.13 bits per heavy atom. The lowest BCUT2D eigenvalue weighted by atomic mass is 9.86. The molecule has 1 aromatic carbocycles. The lowest BCUT2D eigenvalue weighted by Gasteiger charge is -2.29. The monoisotopic (exact) mass is 333 g/mol. The van der Waals surface area contributed by atoms with Crippen molar-refractivity contribution in [3.8, 4) is 11.4 Å². The van der Waals surface area contributed by atoms with Gasteiger partial charge in [-0.2, -0.15) is 4.80 Å². The third-order valence-corrected chi connectivity index (χ3v) is 4.64. The van der Waals surface area contributed by atoms with Crippen LogP contribution < -0.4 is 5.32 Å². The highest BCUT2D eigenvalue weighted by Crippen LogP contribution is 2.24. The fourth-order valence-electron chi connectivity index (χ4n) is 2.97. The van der Waals surface area contributed by atoms with E-state index in [0.717, 1.165) is 6.42 Å². The number of carbonyl (C=O) groups is 1. The van der Waals surface area contributed by atoms with Gasteiger partial charge < -0.3 is 5.32 Å². The topological polar surface area (TPSA) is 72.7 Å². The number of amides is 1. The lowest BCUT2D eigenvalue weighted by molar-refractivity contribution is -0.123. The van der Waals surface area contributed by atoms with Crippen molar-refractivity contribution in [1.29, 1.82) is 0 Å².